The highest BCUT2D eigenvalue weighted by molar-refractivity contribution is 5.88. The molecule has 2 rings (SSSR count). The first-order valence-electron chi connectivity index (χ1n) is 5.84. The average molecular weight is 218 g/mol. The number of ketones is 1. The molecule has 2 heteroatoms. The van der Waals surface area contributed by atoms with Gasteiger partial charge in [-0.2, -0.15) is 0 Å². The van der Waals surface area contributed by atoms with Crippen LogP contribution < -0.4 is 4.74 Å². The van der Waals surface area contributed by atoms with E-state index in [1.54, 1.807) is 7.11 Å². The third-order valence-corrected chi connectivity index (χ3v) is 3.34. The van der Waals surface area contributed by atoms with Crippen molar-refractivity contribution in [2.75, 3.05) is 7.11 Å². The summed E-state index contributed by atoms with van der Waals surface area (Å²) in [5.74, 6) is 1.40. The number of carbonyl (C=O) groups is 1. The van der Waals surface area contributed by atoms with Crippen LogP contribution in [0.1, 0.15) is 37.3 Å². The van der Waals surface area contributed by atoms with E-state index in [4.69, 9.17) is 4.74 Å². The number of hydrogen-bond donors (Lipinski definition) is 0. The van der Waals surface area contributed by atoms with E-state index in [9.17, 15) is 4.79 Å². The maximum Gasteiger partial charge on any atom is 0.142 e. The van der Waals surface area contributed by atoms with Crippen molar-refractivity contribution >= 4 is 5.78 Å². The molecule has 1 aromatic rings. The van der Waals surface area contributed by atoms with Crippen molar-refractivity contribution in [1.29, 1.82) is 0 Å². The highest BCUT2D eigenvalue weighted by Crippen LogP contribution is 2.37. The van der Waals surface area contributed by atoms with Gasteiger partial charge < -0.3 is 4.74 Å². The molecule has 0 aliphatic heterocycles. The predicted molar refractivity (Wildman–Crippen MR) is 63.9 cm³/mol. The van der Waals surface area contributed by atoms with Crippen LogP contribution >= 0.6 is 0 Å². The van der Waals surface area contributed by atoms with Gasteiger partial charge in [-0.1, -0.05) is 19.9 Å². The second-order valence-electron chi connectivity index (χ2n) is 4.71. The van der Waals surface area contributed by atoms with Gasteiger partial charge in [-0.25, -0.2) is 0 Å². The number of benzene rings is 1. The molecule has 86 valence electrons. The summed E-state index contributed by atoms with van der Waals surface area (Å²) in [5.41, 5.74) is 2.48. The van der Waals surface area contributed by atoms with Crippen LogP contribution in [0.25, 0.3) is 0 Å². The van der Waals surface area contributed by atoms with E-state index in [2.05, 4.69) is 6.07 Å². The van der Waals surface area contributed by atoms with Crippen LogP contribution in [0.2, 0.25) is 0 Å². The number of ether oxygens (including phenoxy) is 1. The lowest BCUT2D eigenvalue weighted by molar-refractivity contribution is -0.123. The van der Waals surface area contributed by atoms with Crippen LogP contribution in [0.15, 0.2) is 18.2 Å². The molecule has 0 radical (unpaired) electrons. The van der Waals surface area contributed by atoms with Crippen LogP contribution in [-0.4, -0.2) is 12.9 Å². The molecule has 16 heavy (non-hydrogen) atoms. The molecule has 0 saturated carbocycles. The van der Waals surface area contributed by atoms with Gasteiger partial charge in [-0.05, 0) is 36.1 Å². The van der Waals surface area contributed by atoms with E-state index in [1.165, 1.54) is 11.1 Å². The molecule has 1 atom stereocenters. The smallest absolute Gasteiger partial charge is 0.142 e. The van der Waals surface area contributed by atoms with Crippen molar-refractivity contribution < 1.29 is 9.53 Å². The third kappa shape index (κ3) is 1.84. The fourth-order valence-electron chi connectivity index (χ4n) is 2.41. The second-order valence-corrected chi connectivity index (χ2v) is 4.71. The number of carbonyl (C=O) groups excluding carboxylic acids is 1. The Morgan fingerprint density at radius 1 is 1.44 bits per heavy atom. The standard InChI is InChI=1S/C14H18O2/c1-9(2)14(15)12-7-5-10-4-6-11(16-3)8-13(10)12/h4,6,8-9,12H,5,7H2,1-3H3. The van der Waals surface area contributed by atoms with E-state index in [-0.39, 0.29) is 11.8 Å². The highest BCUT2D eigenvalue weighted by atomic mass is 16.5. The summed E-state index contributed by atoms with van der Waals surface area (Å²) < 4.78 is 5.22. The number of aryl methyl sites for hydroxylation is 1. The minimum Gasteiger partial charge on any atom is -0.497 e. The Balaban J connectivity index is 2.34. The minimum atomic E-state index is 0.0881. The van der Waals surface area contributed by atoms with Crippen LogP contribution in [0, 0.1) is 5.92 Å². The van der Waals surface area contributed by atoms with Gasteiger partial charge in [0.05, 0.1) is 7.11 Å². The number of hydrogen-bond acceptors (Lipinski definition) is 2. The van der Waals surface area contributed by atoms with Crippen molar-refractivity contribution in [3.05, 3.63) is 29.3 Å². The summed E-state index contributed by atoms with van der Waals surface area (Å²) in [6.07, 6.45) is 1.97. The Morgan fingerprint density at radius 3 is 2.81 bits per heavy atom. The molecule has 1 unspecified atom stereocenters. The first-order chi connectivity index (χ1) is 7.63. The molecule has 0 bridgehead atoms. The second kappa shape index (κ2) is 4.28. The molecule has 1 aromatic carbocycles. The van der Waals surface area contributed by atoms with Gasteiger partial charge in [0.25, 0.3) is 0 Å². The summed E-state index contributed by atoms with van der Waals surface area (Å²) in [5, 5.41) is 0. The Morgan fingerprint density at radius 2 is 2.19 bits per heavy atom. The van der Waals surface area contributed by atoms with Gasteiger partial charge >= 0.3 is 0 Å². The molecule has 0 aromatic heterocycles. The molecular weight excluding hydrogens is 200 g/mol. The van der Waals surface area contributed by atoms with Gasteiger partial charge in [0.1, 0.15) is 11.5 Å². The quantitative estimate of drug-likeness (QED) is 0.779. The fraction of sp³-hybridized carbons (Fsp3) is 0.500. The summed E-state index contributed by atoms with van der Waals surface area (Å²) in [6.45, 7) is 3.95. The zero-order valence-corrected chi connectivity index (χ0v) is 10.1. The largest absolute Gasteiger partial charge is 0.497 e. The van der Waals surface area contributed by atoms with Crippen LogP contribution in [0.5, 0.6) is 5.75 Å². The van der Waals surface area contributed by atoms with Gasteiger partial charge in [-0.3, -0.25) is 4.79 Å². The monoisotopic (exact) mass is 218 g/mol. The molecule has 0 spiro atoms. The Kier molecular flexibility index (Phi) is 2.99. The summed E-state index contributed by atoms with van der Waals surface area (Å²) in [4.78, 5) is 12.1. The summed E-state index contributed by atoms with van der Waals surface area (Å²) >= 11 is 0. The maximum absolute atomic E-state index is 12.1. The van der Waals surface area contributed by atoms with E-state index >= 15 is 0 Å². The topological polar surface area (TPSA) is 26.3 Å². The number of rotatable bonds is 3. The highest BCUT2D eigenvalue weighted by Gasteiger charge is 2.29. The lowest BCUT2D eigenvalue weighted by Gasteiger charge is -2.13. The zero-order valence-electron chi connectivity index (χ0n) is 10.1. The molecule has 0 saturated heterocycles. The van der Waals surface area contributed by atoms with Crippen molar-refractivity contribution in [3.8, 4) is 5.75 Å². The van der Waals surface area contributed by atoms with Crippen molar-refractivity contribution in [2.24, 2.45) is 5.92 Å². The van der Waals surface area contributed by atoms with Gasteiger partial charge in [0.2, 0.25) is 0 Å². The fourth-order valence-corrected chi connectivity index (χ4v) is 2.41. The number of methoxy groups -OCH3 is 1. The Labute approximate surface area is 96.6 Å². The molecule has 0 fully saturated rings. The first kappa shape index (κ1) is 11.2. The van der Waals surface area contributed by atoms with Crippen LogP contribution in [0.3, 0.4) is 0 Å². The zero-order chi connectivity index (χ0) is 11.7. The number of Topliss-reactive ketones (excluding diaryl/α,β-unsaturated/α-hetero) is 1. The average Bonchev–Trinajstić information content (AvgIpc) is 2.70. The van der Waals surface area contributed by atoms with E-state index in [0.29, 0.717) is 5.78 Å². The first-order valence-corrected chi connectivity index (χ1v) is 5.84. The normalized spacial score (nSPS) is 18.6. The molecule has 0 heterocycles. The van der Waals surface area contributed by atoms with Crippen LogP contribution in [-0.2, 0) is 11.2 Å². The van der Waals surface area contributed by atoms with Crippen molar-refractivity contribution in [1.82, 2.24) is 0 Å². The summed E-state index contributed by atoms with van der Waals surface area (Å²) in [6, 6.07) is 6.08. The number of fused-ring (bicyclic) bond motifs is 1. The molecule has 1 aliphatic rings. The molecule has 0 amide bonds. The molecule has 1 aliphatic carbocycles. The predicted octanol–water partition coefficient (Wildman–Crippen LogP) is 2.95. The van der Waals surface area contributed by atoms with Gasteiger partial charge in [0.15, 0.2) is 0 Å². The Hall–Kier alpha value is -1.31. The van der Waals surface area contributed by atoms with Gasteiger partial charge in [0, 0.05) is 11.8 Å². The molecule has 0 N–H and O–H groups in total. The van der Waals surface area contributed by atoms with E-state index in [0.717, 1.165) is 18.6 Å². The Bertz CT molecular complexity index is 407. The third-order valence-electron chi connectivity index (χ3n) is 3.34. The van der Waals surface area contributed by atoms with Gasteiger partial charge in [-0.15, -0.1) is 0 Å². The molecule has 2 nitrogen and oxygen atoms in total. The molecular formula is C14H18O2. The van der Waals surface area contributed by atoms with Crippen molar-refractivity contribution in [3.63, 3.8) is 0 Å². The lowest BCUT2D eigenvalue weighted by Crippen LogP contribution is -2.15. The van der Waals surface area contributed by atoms with Crippen molar-refractivity contribution in [2.45, 2.75) is 32.6 Å². The van der Waals surface area contributed by atoms with E-state index < -0.39 is 0 Å². The van der Waals surface area contributed by atoms with Crippen LogP contribution in [0.4, 0.5) is 0 Å². The maximum atomic E-state index is 12.1. The SMILES string of the molecule is COc1ccc2c(c1)C(C(=O)C(C)C)CC2. The van der Waals surface area contributed by atoms with E-state index in [1.807, 2.05) is 26.0 Å². The lowest BCUT2D eigenvalue weighted by atomic mass is 9.90. The summed E-state index contributed by atoms with van der Waals surface area (Å²) in [7, 11) is 1.66. The minimum absolute atomic E-state index is 0.0881.